The lowest BCUT2D eigenvalue weighted by Crippen LogP contribution is -2.54. The van der Waals surface area contributed by atoms with Gasteiger partial charge in [-0.15, -0.1) is 0 Å². The standard InChI is InChI=1S/C32H33N5O3/c1-21-31(38)35(2)15-16-37(21)14-5-17-40-25-7-4-6-23(19-25)28-11-9-24-18-22(8-10-29(24)34-28)27-20-36(3)32(39)30-26(27)12-13-33-30/h4,6-13,18-21,33H,5,14-17H2,1-3H3. The van der Waals surface area contributed by atoms with Crippen LogP contribution in [0.3, 0.4) is 0 Å². The molecule has 8 nitrogen and oxygen atoms in total. The molecule has 1 amide bonds. The molecule has 1 unspecified atom stereocenters. The van der Waals surface area contributed by atoms with Crippen molar-refractivity contribution in [3.8, 4) is 28.1 Å². The van der Waals surface area contributed by atoms with Crippen molar-refractivity contribution in [3.63, 3.8) is 0 Å². The average Bonchev–Trinajstić information content (AvgIpc) is 3.47. The van der Waals surface area contributed by atoms with Crippen molar-refractivity contribution in [1.29, 1.82) is 0 Å². The SMILES string of the molecule is CC1C(=O)N(C)CCN1CCCOc1cccc(-c2ccc3cc(-c4cn(C)c(=O)c5[nH]ccc45)ccc3n2)c1. The summed E-state index contributed by atoms with van der Waals surface area (Å²) in [6.45, 7) is 5.07. The lowest BCUT2D eigenvalue weighted by atomic mass is 10.0. The third-order valence-corrected chi connectivity index (χ3v) is 7.89. The second-order valence-electron chi connectivity index (χ2n) is 10.5. The van der Waals surface area contributed by atoms with Crippen molar-refractivity contribution in [2.45, 2.75) is 19.4 Å². The number of fused-ring (bicyclic) bond motifs is 2. The molecule has 8 heteroatoms. The van der Waals surface area contributed by atoms with Crippen molar-refractivity contribution in [3.05, 3.63) is 83.4 Å². The number of aromatic nitrogens is 3. The van der Waals surface area contributed by atoms with Gasteiger partial charge in [0.05, 0.1) is 23.9 Å². The Bertz CT molecular complexity index is 1770. The van der Waals surface area contributed by atoms with Gasteiger partial charge in [0, 0.05) is 68.0 Å². The number of benzene rings is 2. The maximum Gasteiger partial charge on any atom is 0.274 e. The summed E-state index contributed by atoms with van der Waals surface area (Å²) in [4.78, 5) is 36.7. The quantitative estimate of drug-likeness (QED) is 0.306. The molecule has 1 saturated heterocycles. The van der Waals surface area contributed by atoms with Crippen LogP contribution in [-0.4, -0.2) is 69.6 Å². The van der Waals surface area contributed by atoms with E-state index in [0.717, 1.165) is 70.5 Å². The first-order valence-electron chi connectivity index (χ1n) is 13.7. The van der Waals surface area contributed by atoms with E-state index in [9.17, 15) is 9.59 Å². The number of aromatic amines is 1. The second-order valence-corrected chi connectivity index (χ2v) is 10.5. The van der Waals surface area contributed by atoms with Gasteiger partial charge in [-0.05, 0) is 55.3 Å². The van der Waals surface area contributed by atoms with E-state index < -0.39 is 0 Å². The predicted molar refractivity (Wildman–Crippen MR) is 158 cm³/mol. The Kier molecular flexibility index (Phi) is 6.86. The third kappa shape index (κ3) is 4.86. The first-order chi connectivity index (χ1) is 19.4. The van der Waals surface area contributed by atoms with Gasteiger partial charge in [-0.3, -0.25) is 14.5 Å². The Morgan fingerprint density at radius 3 is 2.75 bits per heavy atom. The summed E-state index contributed by atoms with van der Waals surface area (Å²) in [5, 5.41) is 1.94. The number of rotatable bonds is 7. The molecule has 0 spiro atoms. The number of aryl methyl sites for hydroxylation is 1. The number of hydrogen-bond acceptors (Lipinski definition) is 5. The predicted octanol–water partition coefficient (Wildman–Crippen LogP) is 4.68. The molecule has 1 aliphatic rings. The molecule has 1 N–H and O–H groups in total. The fourth-order valence-corrected chi connectivity index (χ4v) is 5.52. The Labute approximate surface area is 232 Å². The molecule has 3 aromatic heterocycles. The molecule has 0 aliphatic carbocycles. The van der Waals surface area contributed by atoms with E-state index in [1.807, 2.05) is 62.6 Å². The first kappa shape index (κ1) is 25.8. The van der Waals surface area contributed by atoms with Gasteiger partial charge in [0.1, 0.15) is 11.3 Å². The molecular weight excluding hydrogens is 502 g/mol. The number of nitrogens with one attached hydrogen (secondary N) is 1. The lowest BCUT2D eigenvalue weighted by molar-refractivity contribution is -0.139. The van der Waals surface area contributed by atoms with Gasteiger partial charge in [-0.1, -0.05) is 24.3 Å². The van der Waals surface area contributed by atoms with Crippen molar-refractivity contribution in [1.82, 2.24) is 24.3 Å². The summed E-state index contributed by atoms with van der Waals surface area (Å²) in [5.41, 5.74) is 5.39. The van der Waals surface area contributed by atoms with E-state index in [1.165, 1.54) is 0 Å². The smallest absolute Gasteiger partial charge is 0.274 e. The molecule has 5 aromatic rings. The van der Waals surface area contributed by atoms with Gasteiger partial charge in [-0.2, -0.15) is 0 Å². The van der Waals surface area contributed by atoms with E-state index in [-0.39, 0.29) is 17.5 Å². The maximum absolute atomic E-state index is 12.5. The molecule has 1 atom stereocenters. The Hall–Kier alpha value is -4.43. The van der Waals surface area contributed by atoms with Gasteiger partial charge >= 0.3 is 0 Å². The minimum atomic E-state index is -0.0758. The summed E-state index contributed by atoms with van der Waals surface area (Å²) in [5.74, 6) is 0.992. The number of H-pyrrole nitrogens is 1. The van der Waals surface area contributed by atoms with Crippen LogP contribution in [-0.2, 0) is 11.8 Å². The highest BCUT2D eigenvalue weighted by Crippen LogP contribution is 2.30. The zero-order valence-electron chi connectivity index (χ0n) is 23.1. The van der Waals surface area contributed by atoms with E-state index in [2.05, 4.69) is 28.1 Å². The first-order valence-corrected chi connectivity index (χ1v) is 13.7. The normalized spacial score (nSPS) is 16.2. The molecular formula is C32H33N5O3. The van der Waals surface area contributed by atoms with E-state index in [0.29, 0.717) is 12.1 Å². The van der Waals surface area contributed by atoms with Crippen molar-refractivity contribution >= 4 is 27.7 Å². The van der Waals surface area contributed by atoms with Crippen molar-refractivity contribution < 1.29 is 9.53 Å². The summed E-state index contributed by atoms with van der Waals surface area (Å²) in [6.07, 6.45) is 4.55. The molecule has 4 heterocycles. The van der Waals surface area contributed by atoms with Gasteiger partial charge in [0.15, 0.2) is 0 Å². The number of carbonyl (C=O) groups is 1. The number of likely N-dealkylation sites (N-methyl/N-ethyl adjacent to an activating group) is 1. The van der Waals surface area contributed by atoms with Crippen LogP contribution in [0.4, 0.5) is 0 Å². The van der Waals surface area contributed by atoms with Crippen LogP contribution in [0, 0.1) is 0 Å². The minimum Gasteiger partial charge on any atom is -0.494 e. The van der Waals surface area contributed by atoms with Crippen LogP contribution in [0.15, 0.2) is 77.9 Å². The van der Waals surface area contributed by atoms with Crippen LogP contribution in [0.2, 0.25) is 0 Å². The number of carbonyl (C=O) groups excluding carboxylic acids is 1. The number of nitrogens with zero attached hydrogens (tertiary/aromatic N) is 4. The summed E-state index contributed by atoms with van der Waals surface area (Å²) < 4.78 is 7.68. The highest BCUT2D eigenvalue weighted by Gasteiger charge is 2.28. The molecule has 0 saturated carbocycles. The van der Waals surface area contributed by atoms with Gasteiger partial charge in [0.2, 0.25) is 5.91 Å². The molecule has 1 fully saturated rings. The number of hydrogen-bond donors (Lipinski definition) is 1. The van der Waals surface area contributed by atoms with Crippen LogP contribution in [0.5, 0.6) is 5.75 Å². The second kappa shape index (κ2) is 10.6. The molecule has 2 aromatic carbocycles. The highest BCUT2D eigenvalue weighted by molar-refractivity contribution is 5.97. The number of amides is 1. The maximum atomic E-state index is 12.5. The van der Waals surface area contributed by atoms with E-state index in [1.54, 1.807) is 22.7 Å². The van der Waals surface area contributed by atoms with Crippen molar-refractivity contribution in [2.24, 2.45) is 7.05 Å². The molecule has 1 aliphatic heterocycles. The van der Waals surface area contributed by atoms with Crippen molar-refractivity contribution in [2.75, 3.05) is 33.3 Å². The summed E-state index contributed by atoms with van der Waals surface area (Å²) >= 11 is 0. The minimum absolute atomic E-state index is 0.0387. The van der Waals surface area contributed by atoms with Crippen LogP contribution in [0.1, 0.15) is 13.3 Å². The molecule has 0 bridgehead atoms. The third-order valence-electron chi connectivity index (χ3n) is 7.89. The molecule has 204 valence electrons. The average molecular weight is 536 g/mol. The van der Waals surface area contributed by atoms with Crippen LogP contribution < -0.4 is 10.3 Å². The molecule has 0 radical (unpaired) electrons. The number of pyridine rings is 2. The Balaban J connectivity index is 1.16. The number of ether oxygens (including phenoxy) is 1. The largest absolute Gasteiger partial charge is 0.494 e. The van der Waals surface area contributed by atoms with E-state index >= 15 is 0 Å². The number of piperazine rings is 1. The fourth-order valence-electron chi connectivity index (χ4n) is 5.52. The highest BCUT2D eigenvalue weighted by atomic mass is 16.5. The fraction of sp³-hybridized carbons (Fsp3) is 0.281. The van der Waals surface area contributed by atoms with Crippen LogP contribution in [0.25, 0.3) is 44.2 Å². The molecule has 40 heavy (non-hydrogen) atoms. The van der Waals surface area contributed by atoms with Gasteiger partial charge < -0.3 is 19.2 Å². The summed E-state index contributed by atoms with van der Waals surface area (Å²) in [6, 6.07) is 20.2. The monoisotopic (exact) mass is 535 g/mol. The zero-order chi connectivity index (χ0) is 27.8. The van der Waals surface area contributed by atoms with Gasteiger partial charge in [0.25, 0.3) is 5.56 Å². The van der Waals surface area contributed by atoms with Gasteiger partial charge in [-0.25, -0.2) is 4.98 Å². The Morgan fingerprint density at radius 1 is 1.00 bits per heavy atom. The lowest BCUT2D eigenvalue weighted by Gasteiger charge is -2.37. The van der Waals surface area contributed by atoms with E-state index in [4.69, 9.17) is 9.72 Å². The summed E-state index contributed by atoms with van der Waals surface area (Å²) in [7, 11) is 3.64. The molecule has 6 rings (SSSR count). The Morgan fingerprint density at radius 2 is 1.88 bits per heavy atom. The zero-order valence-corrected chi connectivity index (χ0v) is 23.1. The van der Waals surface area contributed by atoms with Crippen LogP contribution >= 0.6 is 0 Å². The topological polar surface area (TPSA) is 83.5 Å².